The monoisotopic (exact) mass is 358 g/mol. The molecule has 4 heteroatoms. The number of rotatable bonds is 2. The molecule has 112 valence electrons. The van der Waals surface area contributed by atoms with Gasteiger partial charge in [-0.15, -0.1) is 12.4 Å². The van der Waals surface area contributed by atoms with Gasteiger partial charge in [-0.25, -0.2) is 0 Å². The molecule has 2 heterocycles. The van der Waals surface area contributed by atoms with Crippen molar-refractivity contribution in [2.45, 2.75) is 32.2 Å². The summed E-state index contributed by atoms with van der Waals surface area (Å²) in [5.41, 5.74) is 3.04. The standard InChI is InChI=1S/C16H23BrN2.ClH/c1-12-14-5-2-6-16(17)15(14)7-9-19(12)11-13-4-3-8-18-10-13;/h2,5-6,12-13,18H,3-4,7-11H2,1H3;1H. The van der Waals surface area contributed by atoms with E-state index in [4.69, 9.17) is 0 Å². The second-order valence-corrected chi connectivity index (χ2v) is 6.80. The van der Waals surface area contributed by atoms with E-state index in [9.17, 15) is 0 Å². The Kier molecular flexibility index (Phi) is 5.91. The van der Waals surface area contributed by atoms with Gasteiger partial charge >= 0.3 is 0 Å². The van der Waals surface area contributed by atoms with Crippen molar-refractivity contribution in [3.8, 4) is 0 Å². The Morgan fingerprint density at radius 3 is 3.00 bits per heavy atom. The lowest BCUT2D eigenvalue weighted by Crippen LogP contribution is -2.42. The van der Waals surface area contributed by atoms with Gasteiger partial charge in [0.05, 0.1) is 0 Å². The predicted octanol–water partition coefficient (Wildman–Crippen LogP) is 3.79. The van der Waals surface area contributed by atoms with E-state index in [0.29, 0.717) is 6.04 Å². The Labute approximate surface area is 136 Å². The zero-order chi connectivity index (χ0) is 13.2. The largest absolute Gasteiger partial charge is 0.316 e. The summed E-state index contributed by atoms with van der Waals surface area (Å²) in [6, 6.07) is 7.20. The predicted molar refractivity (Wildman–Crippen MR) is 90.7 cm³/mol. The number of hydrogen-bond acceptors (Lipinski definition) is 2. The van der Waals surface area contributed by atoms with E-state index in [1.54, 1.807) is 0 Å². The summed E-state index contributed by atoms with van der Waals surface area (Å²) in [5.74, 6) is 0.838. The zero-order valence-electron chi connectivity index (χ0n) is 12.1. The lowest BCUT2D eigenvalue weighted by atomic mass is 9.91. The molecule has 0 aliphatic carbocycles. The second kappa shape index (κ2) is 7.26. The molecule has 2 aliphatic rings. The van der Waals surface area contributed by atoms with E-state index in [1.165, 1.54) is 61.0 Å². The maximum absolute atomic E-state index is 3.70. The Morgan fingerprint density at radius 2 is 2.25 bits per heavy atom. The fourth-order valence-electron chi connectivity index (χ4n) is 3.54. The highest BCUT2D eigenvalue weighted by Gasteiger charge is 2.27. The Balaban J connectivity index is 0.00000147. The Hall–Kier alpha value is -0.0900. The topological polar surface area (TPSA) is 15.3 Å². The van der Waals surface area contributed by atoms with E-state index in [0.717, 1.165) is 5.92 Å². The number of piperidine rings is 1. The van der Waals surface area contributed by atoms with Gasteiger partial charge in [-0.3, -0.25) is 4.90 Å². The lowest BCUT2D eigenvalue weighted by molar-refractivity contribution is 0.154. The number of halogens is 2. The lowest BCUT2D eigenvalue weighted by Gasteiger charge is -2.38. The molecule has 2 atom stereocenters. The van der Waals surface area contributed by atoms with Gasteiger partial charge < -0.3 is 5.32 Å². The quantitative estimate of drug-likeness (QED) is 0.864. The molecule has 1 fully saturated rings. The van der Waals surface area contributed by atoms with Gasteiger partial charge in [-0.1, -0.05) is 28.1 Å². The van der Waals surface area contributed by atoms with Crippen molar-refractivity contribution in [2.75, 3.05) is 26.2 Å². The molecule has 1 aromatic rings. The summed E-state index contributed by atoms with van der Waals surface area (Å²) in [7, 11) is 0. The SMILES string of the molecule is CC1c2cccc(Br)c2CCN1CC1CCCNC1.Cl. The minimum absolute atomic E-state index is 0. The molecule has 0 radical (unpaired) electrons. The van der Waals surface area contributed by atoms with Crippen molar-refractivity contribution in [3.63, 3.8) is 0 Å². The summed E-state index contributed by atoms with van der Waals surface area (Å²) in [5, 5.41) is 3.53. The highest BCUT2D eigenvalue weighted by atomic mass is 79.9. The molecule has 0 aromatic heterocycles. The first-order valence-corrected chi connectivity index (χ1v) is 8.27. The molecule has 0 saturated carbocycles. The van der Waals surface area contributed by atoms with Crippen molar-refractivity contribution >= 4 is 28.3 Å². The van der Waals surface area contributed by atoms with Gasteiger partial charge in [0.15, 0.2) is 0 Å². The van der Waals surface area contributed by atoms with E-state index in [-0.39, 0.29) is 12.4 Å². The van der Waals surface area contributed by atoms with Crippen LogP contribution in [-0.2, 0) is 6.42 Å². The molecule has 0 amide bonds. The van der Waals surface area contributed by atoms with Crippen LogP contribution in [0.2, 0.25) is 0 Å². The van der Waals surface area contributed by atoms with Gasteiger partial charge in [-0.2, -0.15) is 0 Å². The summed E-state index contributed by atoms with van der Waals surface area (Å²) in [6.45, 7) is 7.23. The zero-order valence-corrected chi connectivity index (χ0v) is 14.5. The van der Waals surface area contributed by atoms with Gasteiger partial charge in [0.25, 0.3) is 0 Å². The van der Waals surface area contributed by atoms with Crippen LogP contribution < -0.4 is 5.32 Å². The molecule has 3 rings (SSSR count). The van der Waals surface area contributed by atoms with E-state index in [2.05, 4.69) is 51.3 Å². The van der Waals surface area contributed by atoms with Crippen LogP contribution in [0.1, 0.15) is 36.9 Å². The van der Waals surface area contributed by atoms with Crippen LogP contribution in [0.4, 0.5) is 0 Å². The Bertz CT molecular complexity index is 446. The van der Waals surface area contributed by atoms with Crippen LogP contribution >= 0.6 is 28.3 Å². The average Bonchev–Trinajstić information content (AvgIpc) is 2.44. The molecule has 0 bridgehead atoms. The van der Waals surface area contributed by atoms with Crippen LogP contribution in [0, 0.1) is 5.92 Å². The fraction of sp³-hybridized carbons (Fsp3) is 0.625. The molecule has 1 aromatic carbocycles. The van der Waals surface area contributed by atoms with Gasteiger partial charge in [-0.05, 0) is 62.4 Å². The van der Waals surface area contributed by atoms with Crippen LogP contribution in [-0.4, -0.2) is 31.1 Å². The smallest absolute Gasteiger partial charge is 0.0323 e. The maximum Gasteiger partial charge on any atom is 0.0323 e. The fourth-order valence-corrected chi connectivity index (χ4v) is 4.12. The third-order valence-corrected chi connectivity index (χ3v) is 5.44. The van der Waals surface area contributed by atoms with Gasteiger partial charge in [0.1, 0.15) is 0 Å². The first-order valence-electron chi connectivity index (χ1n) is 7.48. The highest BCUT2D eigenvalue weighted by Crippen LogP contribution is 2.34. The first kappa shape index (κ1) is 16.3. The third-order valence-electron chi connectivity index (χ3n) is 4.69. The molecule has 2 nitrogen and oxygen atoms in total. The second-order valence-electron chi connectivity index (χ2n) is 5.94. The Morgan fingerprint density at radius 1 is 1.40 bits per heavy atom. The van der Waals surface area contributed by atoms with Crippen molar-refractivity contribution in [1.29, 1.82) is 0 Å². The summed E-state index contributed by atoms with van der Waals surface area (Å²) in [6.07, 6.45) is 3.91. The van der Waals surface area contributed by atoms with E-state index in [1.807, 2.05) is 0 Å². The number of fused-ring (bicyclic) bond motifs is 1. The molecular weight excluding hydrogens is 336 g/mol. The van der Waals surface area contributed by atoms with Crippen molar-refractivity contribution in [2.24, 2.45) is 5.92 Å². The number of benzene rings is 1. The molecular formula is C16H24BrClN2. The van der Waals surface area contributed by atoms with Crippen LogP contribution in [0.5, 0.6) is 0 Å². The molecule has 1 saturated heterocycles. The highest BCUT2D eigenvalue weighted by molar-refractivity contribution is 9.10. The van der Waals surface area contributed by atoms with E-state index < -0.39 is 0 Å². The number of nitrogens with one attached hydrogen (secondary N) is 1. The maximum atomic E-state index is 3.70. The van der Waals surface area contributed by atoms with Gasteiger partial charge in [0, 0.05) is 23.6 Å². The number of nitrogens with zero attached hydrogens (tertiary/aromatic N) is 1. The van der Waals surface area contributed by atoms with Gasteiger partial charge in [0.2, 0.25) is 0 Å². The number of hydrogen-bond donors (Lipinski definition) is 1. The minimum Gasteiger partial charge on any atom is -0.316 e. The van der Waals surface area contributed by atoms with Crippen molar-refractivity contribution in [1.82, 2.24) is 10.2 Å². The third kappa shape index (κ3) is 3.38. The van der Waals surface area contributed by atoms with Crippen LogP contribution in [0.25, 0.3) is 0 Å². The summed E-state index contributed by atoms with van der Waals surface area (Å²) >= 11 is 3.70. The first-order chi connectivity index (χ1) is 9.25. The van der Waals surface area contributed by atoms with Crippen LogP contribution in [0.3, 0.4) is 0 Å². The van der Waals surface area contributed by atoms with Crippen molar-refractivity contribution < 1.29 is 0 Å². The summed E-state index contributed by atoms with van der Waals surface area (Å²) in [4.78, 5) is 2.67. The van der Waals surface area contributed by atoms with E-state index >= 15 is 0 Å². The van der Waals surface area contributed by atoms with Crippen LogP contribution in [0.15, 0.2) is 22.7 Å². The minimum atomic E-state index is 0. The van der Waals surface area contributed by atoms with Crippen molar-refractivity contribution in [3.05, 3.63) is 33.8 Å². The molecule has 2 aliphatic heterocycles. The average molecular weight is 360 g/mol. The molecule has 20 heavy (non-hydrogen) atoms. The molecule has 0 spiro atoms. The summed E-state index contributed by atoms with van der Waals surface area (Å²) < 4.78 is 1.29. The normalized spacial score (nSPS) is 26.7. The molecule has 2 unspecified atom stereocenters. The molecule has 1 N–H and O–H groups in total.